The van der Waals surface area contributed by atoms with Crippen LogP contribution in [0.1, 0.15) is 42.9 Å². The predicted molar refractivity (Wildman–Crippen MR) is 108 cm³/mol. The maximum absolute atomic E-state index is 9.48. The Morgan fingerprint density at radius 2 is 1.85 bits per heavy atom. The molecule has 1 aromatic heterocycles. The lowest BCUT2D eigenvalue weighted by molar-refractivity contribution is 0.0732. The molecule has 0 radical (unpaired) electrons. The Morgan fingerprint density at radius 3 is 2.59 bits per heavy atom. The van der Waals surface area contributed by atoms with Crippen molar-refractivity contribution in [1.82, 2.24) is 14.9 Å². The number of nitrogens with zero attached hydrogens (tertiary/aromatic N) is 3. The maximum Gasteiger partial charge on any atom is 0.129 e. The highest BCUT2D eigenvalue weighted by atomic mass is 16.3. The highest BCUT2D eigenvalue weighted by molar-refractivity contribution is 5.36. The summed E-state index contributed by atoms with van der Waals surface area (Å²) >= 11 is 0. The molecule has 1 aromatic carbocycles. The fraction of sp³-hybridized carbons (Fsp3) is 0.545. The molecule has 1 saturated heterocycles. The van der Waals surface area contributed by atoms with Gasteiger partial charge in [0.05, 0.1) is 6.10 Å². The molecule has 0 atom stereocenters. The van der Waals surface area contributed by atoms with Gasteiger partial charge in [-0.3, -0.25) is 0 Å². The number of hydrogen-bond donors (Lipinski definition) is 2. The molecule has 2 heterocycles. The number of aliphatic hydroxyl groups is 1. The van der Waals surface area contributed by atoms with Gasteiger partial charge >= 0.3 is 0 Å². The van der Waals surface area contributed by atoms with Crippen LogP contribution in [0.25, 0.3) is 0 Å². The molecule has 2 aliphatic rings. The number of aliphatic hydroxyl groups excluding tert-OH is 1. The van der Waals surface area contributed by atoms with Gasteiger partial charge in [-0.05, 0) is 56.7 Å². The molecular formula is C22H30N4O. The van der Waals surface area contributed by atoms with Crippen molar-refractivity contribution in [1.29, 1.82) is 0 Å². The standard InChI is InChI=1S/C22H30N4O/c27-20-12-19(13-20)21-14-22(25-16-24-21)23-15-18-7-10-26(11-8-18)9-6-17-4-2-1-3-5-17/h1-5,14,16,18-20,27H,6-13,15H2,(H,23,24,25). The maximum atomic E-state index is 9.48. The molecule has 2 fully saturated rings. The molecule has 2 N–H and O–H groups in total. The van der Waals surface area contributed by atoms with Crippen LogP contribution in [0.2, 0.25) is 0 Å². The first-order chi connectivity index (χ1) is 13.3. The monoisotopic (exact) mass is 366 g/mol. The summed E-state index contributed by atoms with van der Waals surface area (Å²) in [6.07, 6.45) is 6.80. The van der Waals surface area contributed by atoms with E-state index < -0.39 is 0 Å². The van der Waals surface area contributed by atoms with Crippen molar-refractivity contribution >= 4 is 5.82 Å². The number of aromatic nitrogens is 2. The number of piperidine rings is 1. The summed E-state index contributed by atoms with van der Waals surface area (Å²) in [6.45, 7) is 4.52. The van der Waals surface area contributed by atoms with E-state index in [0.29, 0.717) is 11.8 Å². The average molecular weight is 367 g/mol. The van der Waals surface area contributed by atoms with Crippen LogP contribution in [0.15, 0.2) is 42.7 Å². The van der Waals surface area contributed by atoms with Crippen LogP contribution in [0, 0.1) is 5.92 Å². The molecule has 27 heavy (non-hydrogen) atoms. The summed E-state index contributed by atoms with van der Waals surface area (Å²) in [5, 5.41) is 13.0. The van der Waals surface area contributed by atoms with Crippen molar-refractivity contribution in [3.05, 3.63) is 54.0 Å². The number of nitrogens with one attached hydrogen (secondary N) is 1. The van der Waals surface area contributed by atoms with Crippen LogP contribution in [0.4, 0.5) is 5.82 Å². The zero-order valence-corrected chi connectivity index (χ0v) is 15.9. The van der Waals surface area contributed by atoms with Gasteiger partial charge in [0.25, 0.3) is 0 Å². The van der Waals surface area contributed by atoms with Gasteiger partial charge in [0.2, 0.25) is 0 Å². The van der Waals surface area contributed by atoms with Crippen molar-refractivity contribution < 1.29 is 5.11 Å². The molecule has 0 spiro atoms. The van der Waals surface area contributed by atoms with E-state index in [1.807, 2.05) is 0 Å². The normalized spacial score (nSPS) is 23.7. The summed E-state index contributed by atoms with van der Waals surface area (Å²) in [5.74, 6) is 2.03. The van der Waals surface area contributed by atoms with Crippen LogP contribution in [0.5, 0.6) is 0 Å². The lowest BCUT2D eigenvalue weighted by atomic mass is 9.80. The minimum atomic E-state index is -0.145. The number of hydrogen-bond acceptors (Lipinski definition) is 5. The third kappa shape index (κ3) is 5.05. The van der Waals surface area contributed by atoms with Crippen LogP contribution in [0.3, 0.4) is 0 Å². The van der Waals surface area contributed by atoms with Crippen LogP contribution < -0.4 is 5.32 Å². The number of benzene rings is 1. The van der Waals surface area contributed by atoms with E-state index in [0.717, 1.165) is 43.9 Å². The SMILES string of the molecule is OC1CC(c2cc(NCC3CCN(CCc4ccccc4)CC3)ncn2)C1. The largest absolute Gasteiger partial charge is 0.393 e. The second-order valence-corrected chi connectivity index (χ2v) is 8.05. The molecule has 5 nitrogen and oxygen atoms in total. The minimum Gasteiger partial charge on any atom is -0.393 e. The Bertz CT molecular complexity index is 709. The Labute approximate surface area is 161 Å². The first-order valence-corrected chi connectivity index (χ1v) is 10.3. The van der Waals surface area contributed by atoms with Gasteiger partial charge in [0.15, 0.2) is 0 Å². The quantitative estimate of drug-likeness (QED) is 0.789. The molecule has 1 aliphatic heterocycles. The van der Waals surface area contributed by atoms with Crippen LogP contribution in [-0.4, -0.2) is 52.3 Å². The summed E-state index contributed by atoms with van der Waals surface area (Å²) in [5.41, 5.74) is 2.49. The molecule has 0 unspecified atom stereocenters. The first kappa shape index (κ1) is 18.4. The molecule has 4 rings (SSSR count). The Kier molecular flexibility index (Phi) is 6.00. The summed E-state index contributed by atoms with van der Waals surface area (Å²) in [7, 11) is 0. The molecule has 144 valence electrons. The Morgan fingerprint density at radius 1 is 1.07 bits per heavy atom. The lowest BCUT2D eigenvalue weighted by Gasteiger charge is -2.32. The van der Waals surface area contributed by atoms with Crippen LogP contribution in [-0.2, 0) is 6.42 Å². The second-order valence-electron chi connectivity index (χ2n) is 8.05. The van der Waals surface area contributed by atoms with Crippen molar-refractivity contribution in [2.24, 2.45) is 5.92 Å². The van der Waals surface area contributed by atoms with E-state index >= 15 is 0 Å². The minimum absolute atomic E-state index is 0.145. The summed E-state index contributed by atoms with van der Waals surface area (Å²) in [6, 6.07) is 12.8. The summed E-state index contributed by atoms with van der Waals surface area (Å²) in [4.78, 5) is 11.3. The third-order valence-corrected chi connectivity index (χ3v) is 6.06. The molecule has 2 aromatic rings. The van der Waals surface area contributed by atoms with E-state index in [4.69, 9.17) is 0 Å². The van der Waals surface area contributed by atoms with Gasteiger partial charge in [-0.2, -0.15) is 0 Å². The van der Waals surface area contributed by atoms with E-state index in [2.05, 4.69) is 56.6 Å². The van der Waals surface area contributed by atoms with Crippen LogP contribution >= 0.6 is 0 Å². The molecule has 1 saturated carbocycles. The van der Waals surface area contributed by atoms with Gasteiger partial charge in [0.1, 0.15) is 12.1 Å². The molecular weight excluding hydrogens is 336 g/mol. The molecule has 5 heteroatoms. The van der Waals surface area contributed by atoms with Crippen molar-refractivity contribution in [2.75, 3.05) is 31.5 Å². The van der Waals surface area contributed by atoms with Gasteiger partial charge < -0.3 is 15.3 Å². The molecule has 0 bridgehead atoms. The number of anilines is 1. The molecule has 1 aliphatic carbocycles. The topological polar surface area (TPSA) is 61.3 Å². The lowest BCUT2D eigenvalue weighted by Crippen LogP contribution is -2.37. The number of rotatable bonds is 7. The van der Waals surface area contributed by atoms with Crippen molar-refractivity contribution in [3.8, 4) is 0 Å². The van der Waals surface area contributed by atoms with Gasteiger partial charge in [-0.25, -0.2) is 9.97 Å². The predicted octanol–water partition coefficient (Wildman–Crippen LogP) is 3.08. The highest BCUT2D eigenvalue weighted by Crippen LogP contribution is 2.36. The summed E-state index contributed by atoms with van der Waals surface area (Å²) < 4.78 is 0. The fourth-order valence-electron chi connectivity index (χ4n) is 4.12. The Hall–Kier alpha value is -1.98. The van der Waals surface area contributed by atoms with Gasteiger partial charge in [-0.1, -0.05) is 30.3 Å². The smallest absolute Gasteiger partial charge is 0.129 e. The zero-order valence-electron chi connectivity index (χ0n) is 15.9. The Balaban J connectivity index is 1.18. The van der Waals surface area contributed by atoms with Gasteiger partial charge in [0, 0.05) is 30.8 Å². The second kappa shape index (κ2) is 8.81. The van der Waals surface area contributed by atoms with E-state index in [1.54, 1.807) is 6.33 Å². The van der Waals surface area contributed by atoms with E-state index in [1.165, 1.54) is 31.5 Å². The third-order valence-electron chi connectivity index (χ3n) is 6.06. The number of likely N-dealkylation sites (tertiary alicyclic amines) is 1. The van der Waals surface area contributed by atoms with Crippen molar-refractivity contribution in [2.45, 2.75) is 44.1 Å². The van der Waals surface area contributed by atoms with E-state index in [9.17, 15) is 5.11 Å². The highest BCUT2D eigenvalue weighted by Gasteiger charge is 2.29. The molecule has 0 amide bonds. The van der Waals surface area contributed by atoms with Gasteiger partial charge in [-0.15, -0.1) is 0 Å². The zero-order chi connectivity index (χ0) is 18.5. The average Bonchev–Trinajstić information content (AvgIpc) is 2.70. The van der Waals surface area contributed by atoms with E-state index in [-0.39, 0.29) is 6.10 Å². The fourth-order valence-corrected chi connectivity index (χ4v) is 4.12. The van der Waals surface area contributed by atoms with Crippen molar-refractivity contribution in [3.63, 3.8) is 0 Å². The first-order valence-electron chi connectivity index (χ1n) is 10.3.